The van der Waals surface area contributed by atoms with E-state index < -0.39 is 0 Å². The third-order valence-electron chi connectivity index (χ3n) is 6.24. The van der Waals surface area contributed by atoms with Gasteiger partial charge in [0, 0.05) is 44.2 Å². The van der Waals surface area contributed by atoms with Gasteiger partial charge in [0.15, 0.2) is 11.6 Å². The van der Waals surface area contributed by atoms with E-state index in [1.165, 1.54) is 5.56 Å². The van der Waals surface area contributed by atoms with Crippen molar-refractivity contribution in [1.29, 1.82) is 0 Å². The second-order valence-corrected chi connectivity index (χ2v) is 8.46. The summed E-state index contributed by atoms with van der Waals surface area (Å²) >= 11 is 0. The first-order valence-electron chi connectivity index (χ1n) is 10.9. The van der Waals surface area contributed by atoms with E-state index in [4.69, 9.17) is 9.26 Å². The fraction of sp³-hybridized carbons (Fsp3) is 0.417. The number of Topliss-reactive ketones (excluding diaryl/α,β-unsaturated/α-hetero) is 1. The molecule has 1 fully saturated rings. The number of aromatic nitrogens is 4. The molecule has 0 N–H and O–H groups in total. The van der Waals surface area contributed by atoms with Crippen molar-refractivity contribution < 1.29 is 14.1 Å². The first-order chi connectivity index (χ1) is 15.1. The van der Waals surface area contributed by atoms with Gasteiger partial charge in [-0.1, -0.05) is 17.3 Å². The van der Waals surface area contributed by atoms with E-state index in [2.05, 4.69) is 39.5 Å². The Bertz CT molecular complexity index is 1150. The Morgan fingerprint density at radius 2 is 2.06 bits per heavy atom. The highest BCUT2D eigenvalue weighted by Gasteiger charge is 2.21. The lowest BCUT2D eigenvalue weighted by Gasteiger charge is -2.21. The van der Waals surface area contributed by atoms with Crippen LogP contribution in [-0.4, -0.2) is 38.9 Å². The van der Waals surface area contributed by atoms with Crippen LogP contribution >= 0.6 is 0 Å². The lowest BCUT2D eigenvalue weighted by atomic mass is 9.93. The number of hydrogen-bond acceptors (Lipinski definition) is 6. The third kappa shape index (κ3) is 4.10. The van der Waals surface area contributed by atoms with Crippen LogP contribution in [0.3, 0.4) is 0 Å². The van der Waals surface area contributed by atoms with Crippen molar-refractivity contribution in [3.8, 4) is 11.3 Å². The Balaban J connectivity index is 1.33. The monoisotopic (exact) mass is 418 g/mol. The first-order valence-corrected chi connectivity index (χ1v) is 10.9. The van der Waals surface area contributed by atoms with Gasteiger partial charge < -0.3 is 9.26 Å². The number of carbonyl (C=O) groups excluding carboxylic acids is 1. The predicted molar refractivity (Wildman–Crippen MR) is 116 cm³/mol. The van der Waals surface area contributed by atoms with Crippen molar-refractivity contribution >= 4 is 17.4 Å². The molecular formula is C24H26N4O3. The average Bonchev–Trinajstić information content (AvgIpc) is 3.50. The van der Waals surface area contributed by atoms with Gasteiger partial charge in [0.25, 0.3) is 5.89 Å². The molecule has 2 aromatic heterocycles. The van der Waals surface area contributed by atoms with Crippen molar-refractivity contribution in [1.82, 2.24) is 19.9 Å². The average molecular weight is 418 g/mol. The molecule has 1 aliphatic carbocycles. The van der Waals surface area contributed by atoms with Crippen LogP contribution < -0.4 is 0 Å². The maximum Gasteiger partial charge on any atom is 0.254 e. The van der Waals surface area contributed by atoms with Crippen molar-refractivity contribution in [2.45, 2.75) is 39.0 Å². The van der Waals surface area contributed by atoms with Gasteiger partial charge in [0.1, 0.15) is 5.69 Å². The van der Waals surface area contributed by atoms with Gasteiger partial charge in [-0.05, 0) is 61.4 Å². The molecular weight excluding hydrogens is 392 g/mol. The molecule has 0 unspecified atom stereocenters. The van der Waals surface area contributed by atoms with Crippen molar-refractivity contribution in [2.75, 3.05) is 13.2 Å². The summed E-state index contributed by atoms with van der Waals surface area (Å²) in [6, 6.07) is 8.26. The van der Waals surface area contributed by atoms with E-state index in [-0.39, 0.29) is 5.78 Å². The quantitative estimate of drug-likeness (QED) is 0.556. The van der Waals surface area contributed by atoms with Crippen LogP contribution in [0.25, 0.3) is 22.9 Å². The Hall–Kier alpha value is -3.06. The third-order valence-corrected chi connectivity index (χ3v) is 6.24. The molecule has 2 aliphatic rings. The fourth-order valence-corrected chi connectivity index (χ4v) is 4.43. The summed E-state index contributed by atoms with van der Waals surface area (Å²) in [5.74, 6) is 1.91. The Kier molecular flexibility index (Phi) is 5.28. The minimum atomic E-state index is 0.114. The first kappa shape index (κ1) is 19.9. The highest BCUT2D eigenvalue weighted by Crippen LogP contribution is 2.34. The van der Waals surface area contributed by atoms with Crippen LogP contribution in [0.5, 0.6) is 0 Å². The summed E-state index contributed by atoms with van der Waals surface area (Å²) in [4.78, 5) is 17.1. The molecule has 0 atom stereocenters. The van der Waals surface area contributed by atoms with Gasteiger partial charge in [0.2, 0.25) is 0 Å². The molecule has 5 rings (SSSR count). The Labute approximate surface area is 181 Å². The molecule has 0 bridgehead atoms. The van der Waals surface area contributed by atoms with E-state index in [0.717, 1.165) is 61.3 Å². The zero-order chi connectivity index (χ0) is 21.4. The standard InChI is InChI=1S/C24H26N4O3/c1-15-25-24(31-27-15)20-11-17-4-5-18(12-19(17)13-20)22-14-21(26-28(22)2)23(29)6-3-16-7-9-30-10-8-16/h4-5,12-14,16H,3,6-11H2,1-2H3. The number of benzene rings is 1. The number of hydrogen-bond donors (Lipinski definition) is 0. The number of aryl methyl sites for hydroxylation is 2. The van der Waals surface area contributed by atoms with Gasteiger partial charge in [-0.25, -0.2) is 0 Å². The smallest absolute Gasteiger partial charge is 0.254 e. The number of ketones is 1. The minimum absolute atomic E-state index is 0.114. The van der Waals surface area contributed by atoms with Crippen LogP contribution in [0, 0.1) is 12.8 Å². The van der Waals surface area contributed by atoms with Crippen molar-refractivity contribution in [3.05, 3.63) is 52.8 Å². The van der Waals surface area contributed by atoms with E-state index >= 15 is 0 Å². The van der Waals surface area contributed by atoms with Gasteiger partial charge in [-0.15, -0.1) is 0 Å². The summed E-state index contributed by atoms with van der Waals surface area (Å²) < 4.78 is 12.5. The number of carbonyl (C=O) groups is 1. The molecule has 1 saturated heterocycles. The predicted octanol–water partition coefficient (Wildman–Crippen LogP) is 4.26. The molecule has 0 amide bonds. The maximum atomic E-state index is 12.7. The second-order valence-electron chi connectivity index (χ2n) is 8.46. The minimum Gasteiger partial charge on any atom is -0.381 e. The Morgan fingerprint density at radius 1 is 1.23 bits per heavy atom. The summed E-state index contributed by atoms with van der Waals surface area (Å²) in [5.41, 5.74) is 5.91. The largest absolute Gasteiger partial charge is 0.381 e. The van der Waals surface area contributed by atoms with Crippen molar-refractivity contribution in [2.24, 2.45) is 13.0 Å². The molecule has 31 heavy (non-hydrogen) atoms. The number of fused-ring (bicyclic) bond motifs is 1. The molecule has 7 heteroatoms. The molecule has 1 aliphatic heterocycles. The van der Waals surface area contributed by atoms with Gasteiger partial charge in [-0.2, -0.15) is 10.1 Å². The van der Waals surface area contributed by atoms with E-state index in [9.17, 15) is 4.79 Å². The number of rotatable bonds is 6. The maximum absolute atomic E-state index is 12.7. The van der Waals surface area contributed by atoms with E-state index in [1.807, 2.05) is 20.0 Å². The zero-order valence-electron chi connectivity index (χ0n) is 17.9. The number of ether oxygens (including phenoxy) is 1. The van der Waals surface area contributed by atoms with E-state index in [1.54, 1.807) is 4.68 Å². The van der Waals surface area contributed by atoms with E-state index in [0.29, 0.717) is 29.7 Å². The summed E-state index contributed by atoms with van der Waals surface area (Å²) in [6.45, 7) is 3.44. The number of nitrogens with zero attached hydrogens (tertiary/aromatic N) is 4. The van der Waals surface area contributed by atoms with Gasteiger partial charge in [-0.3, -0.25) is 9.48 Å². The van der Waals surface area contributed by atoms with Crippen LogP contribution in [0.15, 0.2) is 28.8 Å². The summed E-state index contributed by atoms with van der Waals surface area (Å²) in [5, 5.41) is 8.39. The fourth-order valence-electron chi connectivity index (χ4n) is 4.43. The topological polar surface area (TPSA) is 83.0 Å². The molecule has 0 spiro atoms. The SMILES string of the molecule is Cc1noc(C2=Cc3cc(-c4cc(C(=O)CCC5CCOCC5)nn4C)ccc3C2)n1. The van der Waals surface area contributed by atoms with Gasteiger partial charge >= 0.3 is 0 Å². The normalized spacial score (nSPS) is 16.4. The Morgan fingerprint density at radius 3 is 2.84 bits per heavy atom. The van der Waals surface area contributed by atoms with Crippen LogP contribution in [0.4, 0.5) is 0 Å². The van der Waals surface area contributed by atoms with Crippen molar-refractivity contribution in [3.63, 3.8) is 0 Å². The lowest BCUT2D eigenvalue weighted by molar-refractivity contribution is 0.0619. The molecule has 0 radical (unpaired) electrons. The highest BCUT2D eigenvalue weighted by molar-refractivity contribution is 5.95. The number of allylic oxidation sites excluding steroid dienone is 1. The molecule has 0 saturated carbocycles. The molecule has 3 heterocycles. The van der Waals surface area contributed by atoms with Crippen LogP contribution in [0.2, 0.25) is 0 Å². The molecule has 3 aromatic rings. The van der Waals surface area contributed by atoms with Crippen LogP contribution in [0.1, 0.15) is 59.0 Å². The molecule has 7 nitrogen and oxygen atoms in total. The van der Waals surface area contributed by atoms with Crippen LogP contribution in [-0.2, 0) is 18.2 Å². The second kappa shape index (κ2) is 8.23. The molecule has 160 valence electrons. The zero-order valence-corrected chi connectivity index (χ0v) is 17.9. The summed E-state index contributed by atoms with van der Waals surface area (Å²) in [6.07, 6.45) is 6.43. The lowest BCUT2D eigenvalue weighted by Crippen LogP contribution is -2.16. The highest BCUT2D eigenvalue weighted by atomic mass is 16.5. The molecule has 1 aromatic carbocycles. The summed E-state index contributed by atoms with van der Waals surface area (Å²) in [7, 11) is 1.89. The van der Waals surface area contributed by atoms with Gasteiger partial charge in [0.05, 0.1) is 5.69 Å².